The maximum atomic E-state index is 6.10. The quantitative estimate of drug-likeness (QED) is 0.909. The molecule has 0 saturated carbocycles. The van der Waals surface area contributed by atoms with E-state index >= 15 is 0 Å². The zero-order valence-corrected chi connectivity index (χ0v) is 11.5. The van der Waals surface area contributed by atoms with Gasteiger partial charge in [0.05, 0.1) is 6.20 Å². The molecule has 0 spiro atoms. The van der Waals surface area contributed by atoms with Crippen LogP contribution in [-0.4, -0.2) is 16.3 Å². The van der Waals surface area contributed by atoms with Gasteiger partial charge >= 0.3 is 0 Å². The zero-order valence-electron chi connectivity index (χ0n) is 11.5. The molecule has 3 nitrogen and oxygen atoms in total. The Balaban J connectivity index is 1.72. The summed E-state index contributed by atoms with van der Waals surface area (Å²) in [6.45, 7) is 0.766. The van der Waals surface area contributed by atoms with Crippen LogP contribution in [0.15, 0.2) is 36.7 Å². The molecule has 0 atom stereocenters. The maximum absolute atomic E-state index is 6.10. The first-order valence-corrected chi connectivity index (χ1v) is 6.95. The van der Waals surface area contributed by atoms with Crippen molar-refractivity contribution in [1.82, 2.24) is 9.78 Å². The molecule has 2 N–H and O–H groups in total. The lowest BCUT2D eigenvalue weighted by Gasteiger charge is -2.27. The Labute approximate surface area is 114 Å². The van der Waals surface area contributed by atoms with Crippen LogP contribution < -0.4 is 5.73 Å². The number of fused-ring (bicyclic) bond motifs is 1. The fourth-order valence-corrected chi connectivity index (χ4v) is 3.21. The smallest absolute Gasteiger partial charge is 0.0521 e. The molecule has 1 aliphatic rings. The van der Waals surface area contributed by atoms with Crippen LogP contribution in [0.25, 0.3) is 0 Å². The monoisotopic (exact) mass is 255 g/mol. The van der Waals surface area contributed by atoms with Gasteiger partial charge in [0.15, 0.2) is 0 Å². The van der Waals surface area contributed by atoms with Crippen LogP contribution in [0.1, 0.15) is 23.1 Å². The van der Waals surface area contributed by atoms with E-state index < -0.39 is 0 Å². The molecule has 100 valence electrons. The number of aryl methyl sites for hydroxylation is 2. The Bertz CT molecular complexity index is 546. The number of hydrogen-bond acceptors (Lipinski definition) is 2. The highest BCUT2D eigenvalue weighted by Gasteiger charge is 2.35. The molecular formula is C16H21N3. The first-order valence-electron chi connectivity index (χ1n) is 6.95. The first-order chi connectivity index (χ1) is 9.21. The maximum Gasteiger partial charge on any atom is 0.0521 e. The second-order valence-corrected chi connectivity index (χ2v) is 5.85. The van der Waals surface area contributed by atoms with Gasteiger partial charge in [0.1, 0.15) is 0 Å². The summed E-state index contributed by atoms with van der Waals surface area (Å²) in [5.41, 5.74) is 10.6. The Kier molecular flexibility index (Phi) is 3.15. The Hall–Kier alpha value is -1.61. The van der Waals surface area contributed by atoms with Crippen LogP contribution in [0.5, 0.6) is 0 Å². The van der Waals surface area contributed by atoms with E-state index in [0.29, 0.717) is 0 Å². The van der Waals surface area contributed by atoms with Gasteiger partial charge in [-0.25, -0.2) is 0 Å². The molecule has 2 aromatic rings. The molecule has 1 heterocycles. The average Bonchev–Trinajstić information content (AvgIpc) is 3.00. The Morgan fingerprint density at radius 1 is 1.26 bits per heavy atom. The molecule has 3 rings (SSSR count). The zero-order chi connectivity index (χ0) is 13.3. The predicted molar refractivity (Wildman–Crippen MR) is 76.9 cm³/mol. The molecule has 0 aliphatic heterocycles. The van der Waals surface area contributed by atoms with Gasteiger partial charge in [-0.3, -0.25) is 4.68 Å². The van der Waals surface area contributed by atoms with Gasteiger partial charge in [-0.2, -0.15) is 5.10 Å². The summed E-state index contributed by atoms with van der Waals surface area (Å²) in [4.78, 5) is 0. The number of hydrogen-bond donors (Lipinski definition) is 1. The van der Waals surface area contributed by atoms with Crippen LogP contribution in [-0.2, 0) is 26.3 Å². The van der Waals surface area contributed by atoms with Gasteiger partial charge in [-0.15, -0.1) is 0 Å². The van der Waals surface area contributed by atoms with Crippen molar-refractivity contribution in [1.29, 1.82) is 0 Å². The number of nitrogens with two attached hydrogens (primary N) is 1. The van der Waals surface area contributed by atoms with Crippen LogP contribution >= 0.6 is 0 Å². The summed E-state index contributed by atoms with van der Waals surface area (Å²) in [5, 5.41) is 4.24. The minimum absolute atomic E-state index is 0.250. The van der Waals surface area contributed by atoms with Crippen molar-refractivity contribution in [3.8, 4) is 0 Å². The highest BCUT2D eigenvalue weighted by atomic mass is 15.2. The van der Waals surface area contributed by atoms with E-state index in [1.54, 1.807) is 0 Å². The minimum atomic E-state index is 0.250. The van der Waals surface area contributed by atoms with Gasteiger partial charge in [0, 0.05) is 13.2 Å². The van der Waals surface area contributed by atoms with Crippen molar-refractivity contribution in [2.24, 2.45) is 18.2 Å². The van der Waals surface area contributed by atoms with Gasteiger partial charge in [0.25, 0.3) is 0 Å². The Morgan fingerprint density at radius 2 is 1.95 bits per heavy atom. The van der Waals surface area contributed by atoms with Crippen molar-refractivity contribution < 1.29 is 0 Å². The molecule has 0 fully saturated rings. The van der Waals surface area contributed by atoms with Crippen LogP contribution in [0.4, 0.5) is 0 Å². The summed E-state index contributed by atoms with van der Waals surface area (Å²) in [6, 6.07) is 8.76. The number of aromatic nitrogens is 2. The second kappa shape index (κ2) is 4.82. The van der Waals surface area contributed by atoms with Crippen molar-refractivity contribution in [2.45, 2.75) is 25.7 Å². The largest absolute Gasteiger partial charge is 0.330 e. The molecule has 0 radical (unpaired) electrons. The van der Waals surface area contributed by atoms with Crippen LogP contribution in [0, 0.1) is 5.41 Å². The summed E-state index contributed by atoms with van der Waals surface area (Å²) in [6.07, 6.45) is 8.53. The molecular weight excluding hydrogens is 234 g/mol. The lowest BCUT2D eigenvalue weighted by Crippen LogP contribution is -2.31. The normalized spacial score (nSPS) is 16.5. The molecule has 0 bridgehead atoms. The Morgan fingerprint density at radius 3 is 2.47 bits per heavy atom. The topological polar surface area (TPSA) is 43.8 Å². The van der Waals surface area contributed by atoms with E-state index in [4.69, 9.17) is 5.73 Å². The third-order valence-corrected chi connectivity index (χ3v) is 4.38. The van der Waals surface area contributed by atoms with Crippen molar-refractivity contribution in [3.63, 3.8) is 0 Å². The lowest BCUT2D eigenvalue weighted by molar-refractivity contribution is 0.291. The third-order valence-electron chi connectivity index (χ3n) is 4.38. The van der Waals surface area contributed by atoms with Crippen LogP contribution in [0.3, 0.4) is 0 Å². The first kappa shape index (κ1) is 12.4. The number of benzene rings is 1. The highest BCUT2D eigenvalue weighted by Crippen LogP contribution is 2.39. The van der Waals surface area contributed by atoms with Crippen molar-refractivity contribution >= 4 is 0 Å². The van der Waals surface area contributed by atoms with Crippen molar-refractivity contribution in [3.05, 3.63) is 53.3 Å². The standard InChI is InChI=1S/C16H21N3/c1-19-11-13(10-18-19)6-7-16(12-17)8-14-4-2-3-5-15(14)9-16/h2-5,10-11H,6-9,12,17H2,1H3. The van der Waals surface area contributed by atoms with E-state index in [1.807, 2.05) is 17.9 Å². The van der Waals surface area contributed by atoms with E-state index in [0.717, 1.165) is 32.2 Å². The molecule has 3 heteroatoms. The van der Waals surface area contributed by atoms with Crippen molar-refractivity contribution in [2.75, 3.05) is 6.54 Å². The SMILES string of the molecule is Cn1cc(CCC2(CN)Cc3ccccc3C2)cn1. The minimum Gasteiger partial charge on any atom is -0.330 e. The van der Waals surface area contributed by atoms with Gasteiger partial charge in [-0.1, -0.05) is 24.3 Å². The van der Waals surface area contributed by atoms with Gasteiger partial charge < -0.3 is 5.73 Å². The molecule has 1 aromatic heterocycles. The molecule has 1 aliphatic carbocycles. The summed E-state index contributed by atoms with van der Waals surface area (Å²) < 4.78 is 1.87. The molecule has 0 amide bonds. The highest BCUT2D eigenvalue weighted by molar-refractivity contribution is 5.34. The second-order valence-electron chi connectivity index (χ2n) is 5.85. The van der Waals surface area contributed by atoms with E-state index in [2.05, 4.69) is 35.6 Å². The van der Waals surface area contributed by atoms with Gasteiger partial charge in [0.2, 0.25) is 0 Å². The van der Waals surface area contributed by atoms with E-state index in [9.17, 15) is 0 Å². The summed E-state index contributed by atoms with van der Waals surface area (Å²) >= 11 is 0. The molecule has 19 heavy (non-hydrogen) atoms. The predicted octanol–water partition coefficient (Wildman–Crippen LogP) is 2.10. The summed E-state index contributed by atoms with van der Waals surface area (Å²) in [7, 11) is 1.97. The molecule has 0 unspecified atom stereocenters. The number of nitrogens with zero attached hydrogens (tertiary/aromatic N) is 2. The molecule has 1 aromatic carbocycles. The fourth-order valence-electron chi connectivity index (χ4n) is 3.21. The van der Waals surface area contributed by atoms with E-state index in [1.165, 1.54) is 16.7 Å². The summed E-state index contributed by atoms with van der Waals surface area (Å²) in [5.74, 6) is 0. The fraction of sp³-hybridized carbons (Fsp3) is 0.438. The average molecular weight is 255 g/mol. The third kappa shape index (κ3) is 2.43. The number of rotatable bonds is 4. The lowest BCUT2D eigenvalue weighted by atomic mass is 9.79. The van der Waals surface area contributed by atoms with Gasteiger partial charge in [-0.05, 0) is 54.3 Å². The van der Waals surface area contributed by atoms with Crippen LogP contribution in [0.2, 0.25) is 0 Å². The molecule has 0 saturated heterocycles. The van der Waals surface area contributed by atoms with E-state index in [-0.39, 0.29) is 5.41 Å².